The fourth-order valence-corrected chi connectivity index (χ4v) is 7.95. The van der Waals surface area contributed by atoms with E-state index in [0.717, 1.165) is 65.7 Å². The smallest absolute Gasteiger partial charge is 0.148 e. The normalized spacial score (nSPS) is 11.7. The van der Waals surface area contributed by atoms with Gasteiger partial charge in [0.15, 0.2) is 0 Å². The molecule has 0 spiro atoms. The molecule has 10 aromatic rings. The second-order valence-corrected chi connectivity index (χ2v) is 13.0. The summed E-state index contributed by atoms with van der Waals surface area (Å²) in [6.45, 7) is 0. The van der Waals surface area contributed by atoms with Crippen molar-refractivity contribution in [3.05, 3.63) is 158 Å². The van der Waals surface area contributed by atoms with E-state index in [9.17, 15) is 0 Å². The van der Waals surface area contributed by atoms with Crippen molar-refractivity contribution in [2.75, 3.05) is 0 Å². The molecule has 0 unspecified atom stereocenters. The van der Waals surface area contributed by atoms with Crippen LogP contribution in [0.25, 0.3) is 87.5 Å². The average Bonchev–Trinajstić information content (AvgIpc) is 3.89. The Morgan fingerprint density at radius 1 is 0.490 bits per heavy atom. The summed E-state index contributed by atoms with van der Waals surface area (Å²) in [6.07, 6.45) is 3.63. The molecule has 5 heterocycles. The number of aromatic nitrogens is 6. The molecule has 0 amide bonds. The Hall–Kier alpha value is -6.44. The molecular weight excluding hydrogens is 621 g/mol. The summed E-state index contributed by atoms with van der Waals surface area (Å²) in [5, 5.41) is 16.0. The average molecular weight is 647 g/mol. The predicted octanol–water partition coefficient (Wildman–Crippen LogP) is 10.5. The van der Waals surface area contributed by atoms with Crippen LogP contribution >= 0.6 is 11.3 Å². The minimum atomic E-state index is 0.852. The van der Waals surface area contributed by atoms with Crippen molar-refractivity contribution in [3.8, 4) is 43.9 Å². The first-order valence-electron chi connectivity index (χ1n) is 16.1. The lowest BCUT2D eigenvalue weighted by molar-refractivity contribution is 1.08. The Morgan fingerprint density at radius 2 is 1.22 bits per heavy atom. The molecule has 0 aliphatic heterocycles. The number of hydrogen-bond acceptors (Lipinski definition) is 5. The van der Waals surface area contributed by atoms with Gasteiger partial charge in [0.05, 0.1) is 27.8 Å². The number of para-hydroxylation sites is 3. The standard InChI is InChI=1S/C42H26N6S/c1-2-12-29(13-3-1)47-35-18-6-4-14-30(35)33-25-27(22-23-37(33)47)41-45-46-42(49-41)32-16-8-20-38-40(32)31-15-5-7-19-36(31)48(38)39-21-9-17-34(44-39)28-11-10-24-43-26-28/h1-26H. The van der Waals surface area contributed by atoms with Gasteiger partial charge in [0.1, 0.15) is 15.8 Å². The summed E-state index contributed by atoms with van der Waals surface area (Å²) >= 11 is 1.62. The lowest BCUT2D eigenvalue weighted by atomic mass is 10.1. The summed E-state index contributed by atoms with van der Waals surface area (Å²) in [5.74, 6) is 0.852. The Kier molecular flexibility index (Phi) is 6.25. The summed E-state index contributed by atoms with van der Waals surface area (Å²) in [6, 6.07) is 50.8. The number of pyridine rings is 2. The van der Waals surface area contributed by atoms with E-state index in [1.165, 1.54) is 21.8 Å². The highest BCUT2D eigenvalue weighted by Gasteiger charge is 2.20. The molecule has 0 N–H and O–H groups in total. The van der Waals surface area contributed by atoms with Gasteiger partial charge in [0.25, 0.3) is 0 Å². The molecule has 5 aromatic carbocycles. The minimum Gasteiger partial charge on any atom is -0.309 e. The molecule has 0 fully saturated rings. The van der Waals surface area contributed by atoms with E-state index in [1.54, 1.807) is 17.5 Å². The summed E-state index contributed by atoms with van der Waals surface area (Å²) < 4.78 is 4.57. The minimum absolute atomic E-state index is 0.852. The van der Waals surface area contributed by atoms with E-state index in [0.29, 0.717) is 0 Å². The zero-order valence-corrected chi connectivity index (χ0v) is 26.9. The molecule has 49 heavy (non-hydrogen) atoms. The molecule has 5 aromatic heterocycles. The zero-order valence-electron chi connectivity index (χ0n) is 26.1. The lowest BCUT2D eigenvalue weighted by Gasteiger charge is -2.09. The number of fused-ring (bicyclic) bond motifs is 6. The van der Waals surface area contributed by atoms with Crippen molar-refractivity contribution in [3.63, 3.8) is 0 Å². The molecule has 0 saturated heterocycles. The second kappa shape index (κ2) is 11.1. The van der Waals surface area contributed by atoms with Crippen LogP contribution in [0.5, 0.6) is 0 Å². The highest BCUT2D eigenvalue weighted by Crippen LogP contribution is 2.41. The predicted molar refractivity (Wildman–Crippen MR) is 200 cm³/mol. The van der Waals surface area contributed by atoms with Crippen LogP contribution in [-0.2, 0) is 0 Å². The fraction of sp³-hybridized carbons (Fsp3) is 0. The van der Waals surface area contributed by atoms with Gasteiger partial charge in [-0.05, 0) is 72.8 Å². The van der Waals surface area contributed by atoms with Gasteiger partial charge in [-0.15, -0.1) is 10.2 Å². The Morgan fingerprint density at radius 3 is 2.08 bits per heavy atom. The van der Waals surface area contributed by atoms with Crippen LogP contribution in [0.3, 0.4) is 0 Å². The van der Waals surface area contributed by atoms with E-state index >= 15 is 0 Å². The highest BCUT2D eigenvalue weighted by molar-refractivity contribution is 7.18. The van der Waals surface area contributed by atoms with Crippen molar-refractivity contribution in [1.82, 2.24) is 29.3 Å². The van der Waals surface area contributed by atoms with E-state index in [4.69, 9.17) is 15.2 Å². The third-order valence-electron chi connectivity index (χ3n) is 9.21. The van der Waals surface area contributed by atoms with Gasteiger partial charge in [0.2, 0.25) is 0 Å². The van der Waals surface area contributed by atoms with Gasteiger partial charge in [-0.3, -0.25) is 9.55 Å². The molecule has 10 rings (SSSR count). The molecule has 7 heteroatoms. The van der Waals surface area contributed by atoms with Crippen molar-refractivity contribution in [2.24, 2.45) is 0 Å². The van der Waals surface area contributed by atoms with Crippen LogP contribution < -0.4 is 0 Å². The molecule has 0 radical (unpaired) electrons. The van der Waals surface area contributed by atoms with Gasteiger partial charge in [0, 0.05) is 56.3 Å². The molecule has 0 aliphatic rings. The summed E-state index contributed by atoms with van der Waals surface area (Å²) in [7, 11) is 0. The largest absolute Gasteiger partial charge is 0.309 e. The molecule has 0 bridgehead atoms. The summed E-state index contributed by atoms with van der Waals surface area (Å²) in [4.78, 5) is 9.40. The quantitative estimate of drug-likeness (QED) is 0.187. The van der Waals surface area contributed by atoms with Gasteiger partial charge >= 0.3 is 0 Å². The molecule has 6 nitrogen and oxygen atoms in total. The van der Waals surface area contributed by atoms with E-state index in [-0.39, 0.29) is 0 Å². The topological polar surface area (TPSA) is 61.4 Å². The Balaban J connectivity index is 1.11. The van der Waals surface area contributed by atoms with Crippen LogP contribution in [0.1, 0.15) is 0 Å². The third kappa shape index (κ3) is 4.40. The fourth-order valence-electron chi connectivity index (χ4n) is 7.08. The number of hydrogen-bond donors (Lipinski definition) is 0. The first kappa shape index (κ1) is 27.7. The van der Waals surface area contributed by atoms with Crippen molar-refractivity contribution < 1.29 is 0 Å². The van der Waals surface area contributed by atoms with Crippen molar-refractivity contribution >= 4 is 54.9 Å². The van der Waals surface area contributed by atoms with E-state index < -0.39 is 0 Å². The van der Waals surface area contributed by atoms with Gasteiger partial charge in [-0.25, -0.2) is 4.98 Å². The van der Waals surface area contributed by atoms with Crippen LogP contribution in [0.15, 0.2) is 158 Å². The van der Waals surface area contributed by atoms with Crippen LogP contribution in [0, 0.1) is 0 Å². The maximum atomic E-state index is 5.10. The van der Waals surface area contributed by atoms with Crippen molar-refractivity contribution in [1.29, 1.82) is 0 Å². The Labute approximate surface area is 285 Å². The van der Waals surface area contributed by atoms with E-state index in [2.05, 4.69) is 142 Å². The third-order valence-corrected chi connectivity index (χ3v) is 10.2. The maximum Gasteiger partial charge on any atom is 0.148 e. The monoisotopic (exact) mass is 646 g/mol. The van der Waals surface area contributed by atoms with Crippen LogP contribution in [-0.4, -0.2) is 29.3 Å². The zero-order chi connectivity index (χ0) is 32.3. The molecular formula is C42H26N6S. The first-order valence-corrected chi connectivity index (χ1v) is 17.0. The van der Waals surface area contributed by atoms with Crippen LogP contribution in [0.2, 0.25) is 0 Å². The van der Waals surface area contributed by atoms with Crippen LogP contribution in [0.4, 0.5) is 0 Å². The second-order valence-electron chi connectivity index (χ2n) is 12.0. The van der Waals surface area contributed by atoms with Crippen molar-refractivity contribution in [2.45, 2.75) is 0 Å². The highest BCUT2D eigenvalue weighted by atomic mass is 32.1. The molecule has 0 saturated carbocycles. The Bertz CT molecular complexity index is 2830. The first-order chi connectivity index (χ1) is 24.3. The number of nitrogens with zero attached hydrogens (tertiary/aromatic N) is 6. The maximum absolute atomic E-state index is 5.10. The van der Waals surface area contributed by atoms with Gasteiger partial charge in [-0.2, -0.15) is 0 Å². The van der Waals surface area contributed by atoms with E-state index in [1.807, 2.05) is 24.4 Å². The van der Waals surface area contributed by atoms with Gasteiger partial charge < -0.3 is 4.57 Å². The van der Waals surface area contributed by atoms with Gasteiger partial charge in [-0.1, -0.05) is 84.1 Å². The summed E-state index contributed by atoms with van der Waals surface area (Å²) in [5.41, 5.74) is 9.63. The molecule has 0 atom stereocenters. The number of rotatable bonds is 5. The molecule has 230 valence electrons. The lowest BCUT2D eigenvalue weighted by Crippen LogP contribution is -1.98. The SMILES string of the molecule is c1ccc(-n2c3ccccc3c3cc(-c4nnc(-c5cccc6c5c5ccccc5n6-c5cccc(-c6cccnc6)n5)s4)ccc32)cc1. The molecule has 0 aliphatic carbocycles. The number of benzene rings is 5.